The largest absolute Gasteiger partial charge is 0.506 e. The van der Waals surface area contributed by atoms with Gasteiger partial charge in [-0.15, -0.1) is 0 Å². The number of nitrogens with one attached hydrogen (secondary N) is 3. The van der Waals surface area contributed by atoms with Crippen LogP contribution >= 0.6 is 11.6 Å². The van der Waals surface area contributed by atoms with Crippen LogP contribution in [-0.4, -0.2) is 43.7 Å². The number of phenolic OH excluding ortho intramolecular Hbond substituents is 1. The van der Waals surface area contributed by atoms with Gasteiger partial charge in [0, 0.05) is 12.5 Å². The van der Waals surface area contributed by atoms with Crippen LogP contribution in [0.15, 0.2) is 76.7 Å². The number of sulfonamides is 1. The number of hydrazone groups is 1. The predicted octanol–water partition coefficient (Wildman–Crippen LogP) is 7.54. The van der Waals surface area contributed by atoms with Gasteiger partial charge in [-0.1, -0.05) is 114 Å². The van der Waals surface area contributed by atoms with Gasteiger partial charge in [-0.05, 0) is 48.7 Å². The molecule has 0 saturated carbocycles. The van der Waals surface area contributed by atoms with Crippen molar-refractivity contribution in [3.8, 4) is 11.5 Å². The summed E-state index contributed by atoms with van der Waals surface area (Å²) in [6.45, 7) is 4.53. The van der Waals surface area contributed by atoms with Gasteiger partial charge in [0.2, 0.25) is 15.9 Å². The van der Waals surface area contributed by atoms with Gasteiger partial charge in [-0.2, -0.15) is 9.82 Å². The van der Waals surface area contributed by atoms with E-state index in [1.54, 1.807) is 25.1 Å². The molecule has 6 N–H and O–H groups in total. The molecule has 0 spiro atoms. The van der Waals surface area contributed by atoms with Crippen molar-refractivity contribution in [2.75, 3.05) is 17.2 Å². The topological polar surface area (TPSA) is 172 Å². The number of hydrogen-bond acceptors (Lipinski definition) is 8. The van der Waals surface area contributed by atoms with Crippen molar-refractivity contribution in [1.82, 2.24) is 4.72 Å². The molecule has 0 aromatic heterocycles. The van der Waals surface area contributed by atoms with E-state index in [0.29, 0.717) is 6.61 Å². The first-order valence-electron chi connectivity index (χ1n) is 17.3. The number of carbonyl (C=O) groups excluding carboxylic acids is 2. The van der Waals surface area contributed by atoms with E-state index in [-0.39, 0.29) is 39.8 Å². The van der Waals surface area contributed by atoms with Crippen LogP contribution < -0.4 is 25.9 Å². The lowest BCUT2D eigenvalue weighted by molar-refractivity contribution is -0.117. The summed E-state index contributed by atoms with van der Waals surface area (Å²) < 4.78 is 33.7. The fraction of sp³-hybridized carbons (Fsp3) is 0.432. The molecule has 2 amide bonds. The Balaban J connectivity index is 1.48. The molecule has 3 aromatic rings. The Morgan fingerprint density at radius 3 is 2.08 bits per heavy atom. The highest BCUT2D eigenvalue weighted by Crippen LogP contribution is 2.34. The number of aromatic hydroxyl groups is 1. The monoisotopic (exact) mass is 727 g/mol. The third-order valence-electron chi connectivity index (χ3n) is 8.15. The number of nitrogens with two attached hydrogens (primary N) is 1. The summed E-state index contributed by atoms with van der Waals surface area (Å²) in [5.41, 5.74) is 0.775. The Kier molecular flexibility index (Phi) is 17.1. The van der Waals surface area contributed by atoms with Crippen LogP contribution in [0.3, 0.4) is 0 Å². The second-order valence-electron chi connectivity index (χ2n) is 12.1. The van der Waals surface area contributed by atoms with Crippen LogP contribution in [-0.2, 0) is 26.0 Å². The summed E-state index contributed by atoms with van der Waals surface area (Å²) in [5, 5.41) is 19.4. The zero-order valence-corrected chi connectivity index (χ0v) is 30.5. The SMILES string of the molecule is CCCCCCCCCCCCOc1ccc(C/C(=N/N)C(=O)Nc2cc(Cl)c(NC(=O)C(CC)NS(=O)(=O)c3ccccc3)cc2O)cc1. The number of phenols is 1. The molecule has 0 aliphatic carbocycles. The zero-order chi connectivity index (χ0) is 36.4. The number of ether oxygens (including phenoxy) is 1. The molecule has 3 aromatic carbocycles. The molecular weight excluding hydrogens is 678 g/mol. The summed E-state index contributed by atoms with van der Waals surface area (Å²) in [4.78, 5) is 26.0. The van der Waals surface area contributed by atoms with Gasteiger partial charge in [0.25, 0.3) is 5.91 Å². The van der Waals surface area contributed by atoms with E-state index in [0.717, 1.165) is 30.2 Å². The molecule has 11 nitrogen and oxygen atoms in total. The summed E-state index contributed by atoms with van der Waals surface area (Å²) in [7, 11) is -3.96. The van der Waals surface area contributed by atoms with Crippen LogP contribution in [0.1, 0.15) is 90.0 Å². The molecule has 13 heteroatoms. The zero-order valence-electron chi connectivity index (χ0n) is 28.9. The van der Waals surface area contributed by atoms with E-state index >= 15 is 0 Å². The van der Waals surface area contributed by atoms with Crippen LogP contribution in [0.25, 0.3) is 0 Å². The molecule has 1 atom stereocenters. The Labute approximate surface area is 301 Å². The summed E-state index contributed by atoms with van der Waals surface area (Å²) in [6, 6.07) is 16.3. The fourth-order valence-electron chi connectivity index (χ4n) is 5.21. The van der Waals surface area contributed by atoms with Gasteiger partial charge in [-0.3, -0.25) is 9.59 Å². The molecular formula is C37H50ClN5O6S. The first-order chi connectivity index (χ1) is 24.1. The Hall–Kier alpha value is -4.13. The van der Waals surface area contributed by atoms with Gasteiger partial charge in [0.05, 0.1) is 27.9 Å². The molecule has 0 fully saturated rings. The van der Waals surface area contributed by atoms with Gasteiger partial charge < -0.3 is 26.3 Å². The standard InChI is InChI=1S/C37H50ClN5O6S/c1-3-5-6-7-8-9-10-11-12-16-23-49-28-21-19-27(20-22-28)24-34(42-39)37(46)41-33-25-30(38)32(26-35(33)44)40-36(45)31(4-2)43-50(47,48)29-17-14-13-15-18-29/h13-15,17-22,25-26,31,43-44H,3-12,16,23-24,39H2,1-2H3,(H,40,45)(H,41,46)/b42-34-. The lowest BCUT2D eigenvalue weighted by Gasteiger charge is -2.18. The molecule has 50 heavy (non-hydrogen) atoms. The number of nitrogens with zero attached hydrogens (tertiary/aromatic N) is 1. The molecule has 272 valence electrons. The van der Waals surface area contributed by atoms with Gasteiger partial charge in [-0.25, -0.2) is 8.42 Å². The summed E-state index contributed by atoms with van der Waals surface area (Å²) in [6.07, 6.45) is 12.9. The first kappa shape index (κ1) is 40.3. The Morgan fingerprint density at radius 1 is 0.860 bits per heavy atom. The van der Waals surface area contributed by atoms with Crippen molar-refractivity contribution >= 4 is 50.5 Å². The van der Waals surface area contributed by atoms with Gasteiger partial charge >= 0.3 is 0 Å². The third kappa shape index (κ3) is 13.3. The third-order valence-corrected chi connectivity index (χ3v) is 9.95. The second-order valence-corrected chi connectivity index (χ2v) is 14.2. The van der Waals surface area contributed by atoms with Crippen molar-refractivity contribution in [2.24, 2.45) is 10.9 Å². The maximum Gasteiger partial charge on any atom is 0.272 e. The lowest BCUT2D eigenvalue weighted by Crippen LogP contribution is -2.43. The molecule has 1 unspecified atom stereocenters. The Morgan fingerprint density at radius 2 is 1.48 bits per heavy atom. The van der Waals surface area contributed by atoms with E-state index in [4.69, 9.17) is 22.2 Å². The number of rotatable bonds is 22. The number of unbranched alkanes of at least 4 members (excludes halogenated alkanes) is 9. The van der Waals surface area contributed by atoms with Crippen molar-refractivity contribution in [1.29, 1.82) is 0 Å². The fourth-order valence-corrected chi connectivity index (χ4v) is 6.72. The van der Waals surface area contributed by atoms with Crippen molar-refractivity contribution in [3.05, 3.63) is 77.3 Å². The molecule has 0 heterocycles. The molecule has 0 aliphatic heterocycles. The molecule has 3 rings (SSSR count). The maximum atomic E-state index is 13.0. The van der Waals surface area contributed by atoms with E-state index in [9.17, 15) is 23.1 Å². The number of amides is 2. The van der Waals surface area contributed by atoms with Gasteiger partial charge in [0.15, 0.2) is 0 Å². The smallest absolute Gasteiger partial charge is 0.272 e. The lowest BCUT2D eigenvalue weighted by atomic mass is 10.1. The molecule has 0 bridgehead atoms. The molecule has 0 radical (unpaired) electrons. The Bertz CT molecular complexity index is 1650. The number of halogens is 1. The van der Waals surface area contributed by atoms with E-state index < -0.39 is 33.6 Å². The minimum Gasteiger partial charge on any atom is -0.506 e. The highest BCUT2D eigenvalue weighted by molar-refractivity contribution is 7.89. The van der Waals surface area contributed by atoms with Crippen LogP contribution in [0, 0.1) is 0 Å². The number of carbonyl (C=O) groups is 2. The minimum atomic E-state index is -3.96. The number of benzene rings is 3. The highest BCUT2D eigenvalue weighted by atomic mass is 35.5. The number of hydrogen-bond donors (Lipinski definition) is 5. The second kappa shape index (κ2) is 21.2. The van der Waals surface area contributed by atoms with E-state index in [2.05, 4.69) is 27.4 Å². The average Bonchev–Trinajstić information content (AvgIpc) is 3.11. The van der Waals surface area contributed by atoms with E-state index in [1.807, 2.05) is 24.3 Å². The minimum absolute atomic E-state index is 0.00755. The van der Waals surface area contributed by atoms with E-state index in [1.165, 1.54) is 69.6 Å². The van der Waals surface area contributed by atoms with Crippen LogP contribution in [0.5, 0.6) is 11.5 Å². The summed E-state index contributed by atoms with van der Waals surface area (Å²) in [5.74, 6) is 4.56. The average molecular weight is 728 g/mol. The molecule has 0 saturated heterocycles. The maximum absolute atomic E-state index is 13.0. The summed E-state index contributed by atoms with van der Waals surface area (Å²) >= 11 is 6.37. The first-order valence-corrected chi connectivity index (χ1v) is 19.1. The van der Waals surface area contributed by atoms with Gasteiger partial charge in [0.1, 0.15) is 23.3 Å². The van der Waals surface area contributed by atoms with Crippen molar-refractivity contribution in [2.45, 2.75) is 102 Å². The predicted molar refractivity (Wildman–Crippen MR) is 200 cm³/mol. The number of anilines is 2. The van der Waals surface area contributed by atoms with Crippen molar-refractivity contribution < 1.29 is 27.9 Å². The normalized spacial score (nSPS) is 12.3. The van der Waals surface area contributed by atoms with Crippen LogP contribution in [0.2, 0.25) is 5.02 Å². The molecule has 0 aliphatic rings. The quantitative estimate of drug-likeness (QED) is 0.0234. The van der Waals surface area contributed by atoms with Crippen molar-refractivity contribution in [3.63, 3.8) is 0 Å². The van der Waals surface area contributed by atoms with Crippen LogP contribution in [0.4, 0.5) is 11.4 Å². The highest BCUT2D eigenvalue weighted by Gasteiger charge is 2.25.